The van der Waals surface area contributed by atoms with Gasteiger partial charge in [-0.3, -0.25) is 4.57 Å². The maximum Gasteiger partial charge on any atom is 0.225 e. The molecule has 2 aliphatic carbocycles. The summed E-state index contributed by atoms with van der Waals surface area (Å²) >= 11 is 6.11. The molecule has 4 unspecified atom stereocenters. The molecule has 2 aliphatic rings. The van der Waals surface area contributed by atoms with Crippen LogP contribution in [0.2, 0.25) is 5.28 Å². The standard InChI is InChI=1S/C12H18ClN3/c1-7(16-8(2)14-15-12(16)13)11-6-9-3-4-10(11)5-9/h7,9-11H,3-6H2,1-2H3. The molecule has 0 saturated heterocycles. The fourth-order valence-corrected chi connectivity index (χ4v) is 4.20. The minimum atomic E-state index is 0.456. The second-order valence-corrected chi connectivity index (χ2v) is 5.80. The van der Waals surface area contributed by atoms with E-state index >= 15 is 0 Å². The van der Waals surface area contributed by atoms with Gasteiger partial charge in [-0.05, 0) is 62.5 Å². The first-order valence-corrected chi connectivity index (χ1v) is 6.61. The minimum absolute atomic E-state index is 0.456. The summed E-state index contributed by atoms with van der Waals surface area (Å²) in [6.45, 7) is 4.26. The average Bonchev–Trinajstić information content (AvgIpc) is 2.93. The first kappa shape index (κ1) is 10.6. The van der Waals surface area contributed by atoms with Crippen molar-refractivity contribution in [1.29, 1.82) is 0 Å². The van der Waals surface area contributed by atoms with Gasteiger partial charge in [0.2, 0.25) is 5.28 Å². The van der Waals surface area contributed by atoms with Crippen LogP contribution in [-0.2, 0) is 0 Å². The zero-order chi connectivity index (χ0) is 11.3. The van der Waals surface area contributed by atoms with Crippen LogP contribution in [0.25, 0.3) is 0 Å². The molecular weight excluding hydrogens is 222 g/mol. The molecule has 0 N–H and O–H groups in total. The van der Waals surface area contributed by atoms with Crippen molar-refractivity contribution in [3.8, 4) is 0 Å². The van der Waals surface area contributed by atoms with Crippen molar-refractivity contribution in [2.75, 3.05) is 0 Å². The van der Waals surface area contributed by atoms with Gasteiger partial charge in [-0.25, -0.2) is 0 Å². The molecular formula is C12H18ClN3. The monoisotopic (exact) mass is 239 g/mol. The number of aryl methyl sites for hydroxylation is 1. The third-order valence-electron chi connectivity index (χ3n) is 4.64. The third-order valence-corrected chi connectivity index (χ3v) is 4.90. The van der Waals surface area contributed by atoms with Crippen LogP contribution in [0.1, 0.15) is 44.5 Å². The first-order chi connectivity index (χ1) is 7.66. The topological polar surface area (TPSA) is 30.7 Å². The number of nitrogens with zero attached hydrogens (tertiary/aromatic N) is 3. The van der Waals surface area contributed by atoms with Gasteiger partial charge in [0.15, 0.2) is 0 Å². The predicted molar refractivity (Wildman–Crippen MR) is 63.4 cm³/mol. The molecule has 4 heteroatoms. The SMILES string of the molecule is Cc1nnc(Cl)n1C(C)C1CC2CCC1C2. The van der Waals surface area contributed by atoms with Crippen molar-refractivity contribution in [3.63, 3.8) is 0 Å². The molecule has 0 radical (unpaired) electrons. The van der Waals surface area contributed by atoms with Crippen LogP contribution in [0, 0.1) is 24.7 Å². The van der Waals surface area contributed by atoms with E-state index in [1.165, 1.54) is 25.7 Å². The smallest absolute Gasteiger partial charge is 0.225 e. The summed E-state index contributed by atoms with van der Waals surface area (Å²) in [6.07, 6.45) is 5.68. The highest BCUT2D eigenvalue weighted by Gasteiger charge is 2.42. The summed E-state index contributed by atoms with van der Waals surface area (Å²) in [5, 5.41) is 8.55. The molecule has 88 valence electrons. The average molecular weight is 240 g/mol. The quantitative estimate of drug-likeness (QED) is 0.793. The van der Waals surface area contributed by atoms with Crippen molar-refractivity contribution >= 4 is 11.6 Å². The molecule has 2 bridgehead atoms. The van der Waals surface area contributed by atoms with Crippen molar-refractivity contribution in [1.82, 2.24) is 14.8 Å². The largest absolute Gasteiger partial charge is 0.299 e. The molecule has 4 atom stereocenters. The van der Waals surface area contributed by atoms with Crippen LogP contribution in [0.4, 0.5) is 0 Å². The maximum atomic E-state index is 6.11. The Morgan fingerprint density at radius 3 is 2.62 bits per heavy atom. The Morgan fingerprint density at radius 2 is 2.12 bits per heavy atom. The molecule has 16 heavy (non-hydrogen) atoms. The second-order valence-electron chi connectivity index (χ2n) is 5.47. The highest BCUT2D eigenvalue weighted by Crippen LogP contribution is 2.52. The third kappa shape index (κ3) is 1.48. The van der Waals surface area contributed by atoms with E-state index in [-0.39, 0.29) is 0 Å². The van der Waals surface area contributed by atoms with E-state index in [1.54, 1.807) is 0 Å². The lowest BCUT2D eigenvalue weighted by Crippen LogP contribution is -2.22. The van der Waals surface area contributed by atoms with E-state index in [2.05, 4.69) is 21.7 Å². The molecule has 3 rings (SSSR count). The number of fused-ring (bicyclic) bond motifs is 2. The van der Waals surface area contributed by atoms with Crippen LogP contribution in [0.3, 0.4) is 0 Å². The molecule has 0 aliphatic heterocycles. The van der Waals surface area contributed by atoms with E-state index in [4.69, 9.17) is 11.6 Å². The van der Waals surface area contributed by atoms with E-state index < -0.39 is 0 Å². The highest BCUT2D eigenvalue weighted by molar-refractivity contribution is 6.28. The zero-order valence-corrected chi connectivity index (χ0v) is 10.6. The van der Waals surface area contributed by atoms with E-state index in [9.17, 15) is 0 Å². The van der Waals surface area contributed by atoms with Crippen LogP contribution in [-0.4, -0.2) is 14.8 Å². The molecule has 0 aromatic carbocycles. The van der Waals surface area contributed by atoms with Crippen LogP contribution >= 0.6 is 11.6 Å². The summed E-state index contributed by atoms with van der Waals surface area (Å²) in [4.78, 5) is 0. The van der Waals surface area contributed by atoms with Crippen LogP contribution < -0.4 is 0 Å². The van der Waals surface area contributed by atoms with Crippen molar-refractivity contribution in [3.05, 3.63) is 11.1 Å². The Bertz CT molecular complexity index is 381. The van der Waals surface area contributed by atoms with Gasteiger partial charge in [-0.15, -0.1) is 10.2 Å². The summed E-state index contributed by atoms with van der Waals surface area (Å²) in [5.41, 5.74) is 0. The zero-order valence-electron chi connectivity index (χ0n) is 9.86. The second kappa shape index (κ2) is 3.73. The number of halogens is 1. The molecule has 1 heterocycles. The molecule has 2 saturated carbocycles. The van der Waals surface area contributed by atoms with Crippen molar-refractivity contribution in [2.24, 2.45) is 17.8 Å². The number of rotatable bonds is 2. The molecule has 0 spiro atoms. The Balaban J connectivity index is 1.85. The first-order valence-electron chi connectivity index (χ1n) is 6.24. The van der Waals surface area contributed by atoms with Gasteiger partial charge in [0.1, 0.15) is 5.82 Å². The molecule has 0 amide bonds. The van der Waals surface area contributed by atoms with E-state index in [0.717, 1.165) is 23.6 Å². The molecule has 1 aromatic rings. The number of aromatic nitrogens is 3. The van der Waals surface area contributed by atoms with Gasteiger partial charge in [0, 0.05) is 6.04 Å². The van der Waals surface area contributed by atoms with Crippen LogP contribution in [0.15, 0.2) is 0 Å². The van der Waals surface area contributed by atoms with Gasteiger partial charge in [0.05, 0.1) is 0 Å². The summed E-state index contributed by atoms with van der Waals surface area (Å²) < 4.78 is 2.10. The molecule has 1 aromatic heterocycles. The number of hydrogen-bond acceptors (Lipinski definition) is 2. The lowest BCUT2D eigenvalue weighted by Gasteiger charge is -2.29. The lowest BCUT2D eigenvalue weighted by molar-refractivity contribution is 0.240. The fraction of sp³-hybridized carbons (Fsp3) is 0.833. The fourth-order valence-electron chi connectivity index (χ4n) is 3.88. The maximum absolute atomic E-state index is 6.11. The summed E-state index contributed by atoms with van der Waals surface area (Å²) in [7, 11) is 0. The van der Waals surface area contributed by atoms with Gasteiger partial charge in [-0.2, -0.15) is 0 Å². The Kier molecular flexibility index (Phi) is 2.46. The van der Waals surface area contributed by atoms with Gasteiger partial charge >= 0.3 is 0 Å². The Labute approximate surface area is 101 Å². The normalized spacial score (nSPS) is 34.6. The Morgan fingerprint density at radius 1 is 1.31 bits per heavy atom. The summed E-state index contributed by atoms with van der Waals surface area (Å²) in [6, 6.07) is 0.456. The van der Waals surface area contributed by atoms with Crippen LogP contribution in [0.5, 0.6) is 0 Å². The van der Waals surface area contributed by atoms with Crippen molar-refractivity contribution < 1.29 is 0 Å². The highest BCUT2D eigenvalue weighted by atomic mass is 35.5. The molecule has 3 nitrogen and oxygen atoms in total. The van der Waals surface area contributed by atoms with Gasteiger partial charge in [-0.1, -0.05) is 6.42 Å². The Hall–Kier alpha value is -0.570. The van der Waals surface area contributed by atoms with Gasteiger partial charge in [0.25, 0.3) is 0 Å². The van der Waals surface area contributed by atoms with Gasteiger partial charge < -0.3 is 0 Å². The molecule has 2 fully saturated rings. The minimum Gasteiger partial charge on any atom is -0.299 e. The van der Waals surface area contributed by atoms with Crippen molar-refractivity contribution in [2.45, 2.75) is 45.6 Å². The summed E-state index contributed by atoms with van der Waals surface area (Å²) in [5.74, 6) is 3.62. The lowest BCUT2D eigenvalue weighted by atomic mass is 9.84. The van der Waals surface area contributed by atoms with E-state index in [0.29, 0.717) is 11.3 Å². The van der Waals surface area contributed by atoms with E-state index in [1.807, 2.05) is 6.92 Å². The predicted octanol–water partition coefficient (Wildman–Crippen LogP) is 3.24. The number of hydrogen-bond donors (Lipinski definition) is 0.